The Labute approximate surface area is 109 Å². The molecule has 0 heterocycles. The van der Waals surface area contributed by atoms with Crippen molar-refractivity contribution >= 4 is 0 Å². The Morgan fingerprint density at radius 2 is 1.06 bits per heavy atom. The highest BCUT2D eigenvalue weighted by atomic mass is 14.5. The Kier molecular flexibility index (Phi) is 15.4. The van der Waals surface area contributed by atoms with Crippen LogP contribution in [0.2, 0.25) is 0 Å². The molecule has 0 saturated heterocycles. The third-order valence-electron chi connectivity index (χ3n) is 3.31. The Morgan fingerprint density at radius 3 is 1.47 bits per heavy atom. The van der Waals surface area contributed by atoms with E-state index in [9.17, 15) is 0 Å². The second-order valence-corrected chi connectivity index (χ2v) is 5.04. The van der Waals surface area contributed by atoms with E-state index in [1.54, 1.807) is 0 Å². The smallest absolute Gasteiger partial charge is 0.00773 e. The lowest BCUT2D eigenvalue weighted by atomic mass is 10.1. The predicted molar refractivity (Wildman–Crippen MR) is 79.3 cm³/mol. The van der Waals surface area contributed by atoms with Gasteiger partial charge >= 0.3 is 0 Å². The molecule has 0 aromatic carbocycles. The first-order valence-electron chi connectivity index (χ1n) is 7.73. The van der Waals surface area contributed by atoms with Gasteiger partial charge in [-0.25, -0.2) is 0 Å². The van der Waals surface area contributed by atoms with Gasteiger partial charge in [-0.15, -0.1) is 0 Å². The number of unbranched alkanes of at least 4 members (excludes halogenated alkanes) is 11. The van der Waals surface area contributed by atoms with Gasteiger partial charge in [0, 0.05) is 0 Å². The fourth-order valence-electron chi connectivity index (χ4n) is 2.16. The standard InChI is InChI=1S/C16H33N/c1-2-3-4-5-6-7-8-9-10-11-12-13-14-15-16-17/h2-3H,4-17H2,1H3/b3-2+. The van der Waals surface area contributed by atoms with Crippen molar-refractivity contribution in [3.8, 4) is 0 Å². The third-order valence-corrected chi connectivity index (χ3v) is 3.31. The summed E-state index contributed by atoms with van der Waals surface area (Å²) in [6, 6.07) is 0. The van der Waals surface area contributed by atoms with Crippen LogP contribution in [-0.4, -0.2) is 6.54 Å². The lowest BCUT2D eigenvalue weighted by Crippen LogP contribution is -1.97. The van der Waals surface area contributed by atoms with Crippen LogP contribution in [0.25, 0.3) is 0 Å². The van der Waals surface area contributed by atoms with E-state index < -0.39 is 0 Å². The minimum Gasteiger partial charge on any atom is -0.330 e. The molecular formula is C16H33N. The molecule has 0 rings (SSSR count). The Bertz CT molecular complexity index is 152. The summed E-state index contributed by atoms with van der Waals surface area (Å²) >= 11 is 0. The number of nitrogens with two attached hydrogens (primary N) is 1. The van der Waals surface area contributed by atoms with Crippen molar-refractivity contribution in [2.24, 2.45) is 5.73 Å². The summed E-state index contributed by atoms with van der Waals surface area (Å²) in [5.74, 6) is 0. The SMILES string of the molecule is C/C=C/CCCCCCCCCCCCCN. The average Bonchev–Trinajstić information content (AvgIpc) is 2.35. The van der Waals surface area contributed by atoms with Gasteiger partial charge in [-0.1, -0.05) is 69.9 Å². The fourth-order valence-corrected chi connectivity index (χ4v) is 2.16. The number of rotatable bonds is 13. The summed E-state index contributed by atoms with van der Waals surface area (Å²) in [4.78, 5) is 0. The average molecular weight is 239 g/mol. The molecule has 2 N–H and O–H groups in total. The van der Waals surface area contributed by atoms with E-state index >= 15 is 0 Å². The fraction of sp³-hybridized carbons (Fsp3) is 0.875. The molecular weight excluding hydrogens is 206 g/mol. The monoisotopic (exact) mass is 239 g/mol. The normalized spacial score (nSPS) is 11.4. The summed E-state index contributed by atoms with van der Waals surface area (Å²) in [6.07, 6.45) is 21.1. The molecule has 1 heteroatoms. The van der Waals surface area contributed by atoms with Crippen LogP contribution in [0, 0.1) is 0 Å². The van der Waals surface area contributed by atoms with E-state index in [2.05, 4.69) is 19.1 Å². The van der Waals surface area contributed by atoms with Crippen LogP contribution in [0.4, 0.5) is 0 Å². The summed E-state index contributed by atoms with van der Waals surface area (Å²) in [5.41, 5.74) is 5.46. The topological polar surface area (TPSA) is 26.0 Å². The highest BCUT2D eigenvalue weighted by molar-refractivity contribution is 4.76. The molecule has 102 valence electrons. The summed E-state index contributed by atoms with van der Waals surface area (Å²) < 4.78 is 0. The Morgan fingerprint density at radius 1 is 0.647 bits per heavy atom. The van der Waals surface area contributed by atoms with E-state index in [1.165, 1.54) is 77.0 Å². The molecule has 0 radical (unpaired) electrons. The van der Waals surface area contributed by atoms with E-state index in [0.717, 1.165) is 6.54 Å². The van der Waals surface area contributed by atoms with Crippen molar-refractivity contribution in [1.29, 1.82) is 0 Å². The third kappa shape index (κ3) is 15.7. The first-order valence-corrected chi connectivity index (χ1v) is 7.73. The van der Waals surface area contributed by atoms with Gasteiger partial charge in [-0.3, -0.25) is 0 Å². The van der Waals surface area contributed by atoms with Crippen LogP contribution in [0.1, 0.15) is 84.0 Å². The van der Waals surface area contributed by atoms with Crippen molar-refractivity contribution in [3.05, 3.63) is 12.2 Å². The van der Waals surface area contributed by atoms with Crippen molar-refractivity contribution in [1.82, 2.24) is 0 Å². The largest absolute Gasteiger partial charge is 0.330 e. The summed E-state index contributed by atoms with van der Waals surface area (Å²) in [5, 5.41) is 0. The molecule has 0 fully saturated rings. The Hall–Kier alpha value is -0.300. The molecule has 0 atom stereocenters. The molecule has 0 aliphatic rings. The van der Waals surface area contributed by atoms with E-state index in [-0.39, 0.29) is 0 Å². The molecule has 0 aliphatic heterocycles. The summed E-state index contributed by atoms with van der Waals surface area (Å²) in [6.45, 7) is 2.97. The lowest BCUT2D eigenvalue weighted by Gasteiger charge is -2.02. The zero-order valence-electron chi connectivity index (χ0n) is 11.9. The Balaban J connectivity index is 2.89. The second kappa shape index (κ2) is 15.7. The van der Waals surface area contributed by atoms with Gasteiger partial charge in [0.1, 0.15) is 0 Å². The molecule has 0 amide bonds. The van der Waals surface area contributed by atoms with Crippen LogP contribution >= 0.6 is 0 Å². The first-order chi connectivity index (χ1) is 8.41. The van der Waals surface area contributed by atoms with Crippen molar-refractivity contribution in [2.75, 3.05) is 6.54 Å². The molecule has 1 nitrogen and oxygen atoms in total. The first kappa shape index (κ1) is 16.7. The molecule has 17 heavy (non-hydrogen) atoms. The summed E-state index contributed by atoms with van der Waals surface area (Å²) in [7, 11) is 0. The quantitative estimate of drug-likeness (QED) is 0.347. The number of allylic oxidation sites excluding steroid dienone is 2. The predicted octanol–water partition coefficient (Wildman–Crippen LogP) is 5.20. The number of hydrogen-bond donors (Lipinski definition) is 1. The minimum absolute atomic E-state index is 0.868. The molecule has 0 spiro atoms. The maximum absolute atomic E-state index is 5.46. The molecule has 0 aromatic heterocycles. The maximum Gasteiger partial charge on any atom is -0.00773 e. The van der Waals surface area contributed by atoms with Crippen LogP contribution in [0.5, 0.6) is 0 Å². The van der Waals surface area contributed by atoms with Crippen LogP contribution in [0.3, 0.4) is 0 Å². The molecule has 0 bridgehead atoms. The van der Waals surface area contributed by atoms with Gasteiger partial charge < -0.3 is 5.73 Å². The molecule has 0 aliphatic carbocycles. The minimum atomic E-state index is 0.868. The molecule has 0 aromatic rings. The van der Waals surface area contributed by atoms with E-state index in [1.807, 2.05) is 0 Å². The van der Waals surface area contributed by atoms with Gasteiger partial charge in [-0.05, 0) is 32.7 Å². The van der Waals surface area contributed by atoms with Gasteiger partial charge in [0.05, 0.1) is 0 Å². The highest BCUT2D eigenvalue weighted by Crippen LogP contribution is 2.11. The van der Waals surface area contributed by atoms with Crippen LogP contribution in [-0.2, 0) is 0 Å². The van der Waals surface area contributed by atoms with Crippen molar-refractivity contribution < 1.29 is 0 Å². The number of hydrogen-bond acceptors (Lipinski definition) is 1. The maximum atomic E-state index is 5.46. The molecule has 0 unspecified atom stereocenters. The second-order valence-electron chi connectivity index (χ2n) is 5.04. The van der Waals surface area contributed by atoms with Gasteiger partial charge in [0.25, 0.3) is 0 Å². The van der Waals surface area contributed by atoms with Crippen LogP contribution < -0.4 is 5.73 Å². The van der Waals surface area contributed by atoms with Gasteiger partial charge in [-0.2, -0.15) is 0 Å². The van der Waals surface area contributed by atoms with Crippen LogP contribution in [0.15, 0.2) is 12.2 Å². The van der Waals surface area contributed by atoms with Gasteiger partial charge in [0.15, 0.2) is 0 Å². The van der Waals surface area contributed by atoms with E-state index in [4.69, 9.17) is 5.73 Å². The highest BCUT2D eigenvalue weighted by Gasteiger charge is 1.92. The van der Waals surface area contributed by atoms with Gasteiger partial charge in [0.2, 0.25) is 0 Å². The molecule has 0 saturated carbocycles. The zero-order valence-corrected chi connectivity index (χ0v) is 11.9. The van der Waals surface area contributed by atoms with Crippen molar-refractivity contribution in [2.45, 2.75) is 84.0 Å². The zero-order chi connectivity index (χ0) is 12.6. The van der Waals surface area contributed by atoms with E-state index in [0.29, 0.717) is 0 Å². The lowest BCUT2D eigenvalue weighted by molar-refractivity contribution is 0.547. The van der Waals surface area contributed by atoms with Crippen molar-refractivity contribution in [3.63, 3.8) is 0 Å².